The molecule has 0 amide bonds. The van der Waals surface area contributed by atoms with Crippen molar-refractivity contribution in [2.45, 2.75) is 4.90 Å². The fraction of sp³-hybridized carbons (Fsp3) is 0.0952. The van der Waals surface area contributed by atoms with Gasteiger partial charge in [0.05, 0.1) is 24.8 Å². The third kappa shape index (κ3) is 4.15. The van der Waals surface area contributed by atoms with Gasteiger partial charge in [0.15, 0.2) is 0 Å². The Balaban J connectivity index is 1.85. The molecule has 0 radical (unpaired) electrons. The molecule has 144 valence electrons. The number of carbonyl (C=O) groups is 1. The van der Waals surface area contributed by atoms with E-state index in [1.807, 2.05) is 30.3 Å². The van der Waals surface area contributed by atoms with E-state index in [-0.39, 0.29) is 21.9 Å². The van der Waals surface area contributed by atoms with Crippen LogP contribution < -0.4 is 9.46 Å². The van der Waals surface area contributed by atoms with Crippen LogP contribution in [0.4, 0.5) is 5.69 Å². The molecule has 7 heteroatoms. The third-order valence-corrected chi connectivity index (χ3v) is 5.53. The van der Waals surface area contributed by atoms with Crippen molar-refractivity contribution >= 4 is 21.7 Å². The molecule has 6 nitrogen and oxygen atoms in total. The standard InChI is InChI=1S/C21H19NO5S/c1-26-20-14-17(10-13-19(20)21(23)27-2)22-28(24,25)18-11-8-16(9-12-18)15-6-4-3-5-7-15/h3-14,22H,1-2H3. The molecule has 0 aliphatic carbocycles. The second-order valence-corrected chi connectivity index (χ2v) is 7.58. The average Bonchev–Trinajstić information content (AvgIpc) is 2.73. The lowest BCUT2D eigenvalue weighted by Gasteiger charge is -2.12. The van der Waals surface area contributed by atoms with Gasteiger partial charge in [0.25, 0.3) is 10.0 Å². The highest BCUT2D eigenvalue weighted by molar-refractivity contribution is 7.92. The van der Waals surface area contributed by atoms with Crippen molar-refractivity contribution in [3.63, 3.8) is 0 Å². The van der Waals surface area contributed by atoms with E-state index >= 15 is 0 Å². The first-order chi connectivity index (χ1) is 13.4. The van der Waals surface area contributed by atoms with Crippen LogP contribution in [0.3, 0.4) is 0 Å². The Bertz CT molecular complexity index is 1080. The summed E-state index contributed by atoms with van der Waals surface area (Å²) in [5.74, 6) is -0.353. The average molecular weight is 397 g/mol. The van der Waals surface area contributed by atoms with Crippen LogP contribution in [0, 0.1) is 0 Å². The van der Waals surface area contributed by atoms with Gasteiger partial charge in [-0.2, -0.15) is 0 Å². The minimum atomic E-state index is -3.80. The molecule has 3 aromatic rings. The highest BCUT2D eigenvalue weighted by atomic mass is 32.2. The zero-order valence-electron chi connectivity index (χ0n) is 15.4. The van der Waals surface area contributed by atoms with Gasteiger partial charge >= 0.3 is 5.97 Å². The van der Waals surface area contributed by atoms with Crippen LogP contribution in [0.25, 0.3) is 11.1 Å². The minimum absolute atomic E-state index is 0.128. The molecule has 3 rings (SSSR count). The molecular weight excluding hydrogens is 378 g/mol. The van der Waals surface area contributed by atoms with E-state index in [0.717, 1.165) is 11.1 Å². The lowest BCUT2D eigenvalue weighted by Crippen LogP contribution is -2.13. The summed E-state index contributed by atoms with van der Waals surface area (Å²) in [6, 6.07) is 20.6. The van der Waals surface area contributed by atoms with Gasteiger partial charge in [-0.1, -0.05) is 42.5 Å². The van der Waals surface area contributed by atoms with E-state index in [2.05, 4.69) is 9.46 Å². The molecule has 3 aromatic carbocycles. The molecule has 0 heterocycles. The molecule has 0 atom stereocenters. The van der Waals surface area contributed by atoms with Gasteiger partial charge in [0, 0.05) is 6.07 Å². The maximum atomic E-state index is 12.7. The van der Waals surface area contributed by atoms with Gasteiger partial charge in [-0.25, -0.2) is 13.2 Å². The first kappa shape index (κ1) is 19.4. The highest BCUT2D eigenvalue weighted by Crippen LogP contribution is 2.26. The summed E-state index contributed by atoms with van der Waals surface area (Å²) in [6.07, 6.45) is 0. The van der Waals surface area contributed by atoms with Crippen LogP contribution in [0.15, 0.2) is 77.7 Å². The van der Waals surface area contributed by atoms with Crippen molar-refractivity contribution < 1.29 is 22.7 Å². The third-order valence-electron chi connectivity index (χ3n) is 4.13. The number of carbonyl (C=O) groups excluding carboxylic acids is 1. The fourth-order valence-corrected chi connectivity index (χ4v) is 3.75. The summed E-state index contributed by atoms with van der Waals surface area (Å²) in [5.41, 5.74) is 2.41. The number of esters is 1. The predicted octanol–water partition coefficient (Wildman–Crippen LogP) is 3.95. The molecule has 0 aliphatic heterocycles. The first-order valence-corrected chi connectivity index (χ1v) is 9.87. The van der Waals surface area contributed by atoms with Crippen molar-refractivity contribution in [3.05, 3.63) is 78.4 Å². The van der Waals surface area contributed by atoms with Crippen LogP contribution in [0.2, 0.25) is 0 Å². The Hall–Kier alpha value is -3.32. The van der Waals surface area contributed by atoms with Crippen molar-refractivity contribution in [2.75, 3.05) is 18.9 Å². The van der Waals surface area contributed by atoms with Gasteiger partial charge in [-0.3, -0.25) is 4.72 Å². The number of nitrogens with one attached hydrogen (secondary N) is 1. The van der Waals surface area contributed by atoms with Crippen molar-refractivity contribution in [2.24, 2.45) is 0 Å². The Morgan fingerprint density at radius 2 is 1.50 bits per heavy atom. The Morgan fingerprint density at radius 1 is 0.857 bits per heavy atom. The monoisotopic (exact) mass is 397 g/mol. The van der Waals surface area contributed by atoms with Crippen molar-refractivity contribution in [1.29, 1.82) is 0 Å². The maximum absolute atomic E-state index is 12.7. The Labute approximate surface area is 163 Å². The van der Waals surface area contributed by atoms with E-state index in [0.29, 0.717) is 0 Å². The lowest BCUT2D eigenvalue weighted by molar-refractivity contribution is 0.0597. The number of methoxy groups -OCH3 is 2. The van der Waals surface area contributed by atoms with Gasteiger partial charge in [-0.05, 0) is 35.4 Å². The number of benzene rings is 3. The zero-order chi connectivity index (χ0) is 20.1. The predicted molar refractivity (Wildman–Crippen MR) is 107 cm³/mol. The molecule has 0 saturated carbocycles. The second kappa shape index (κ2) is 8.14. The maximum Gasteiger partial charge on any atom is 0.341 e. The Kier molecular flexibility index (Phi) is 5.65. The van der Waals surface area contributed by atoms with Gasteiger partial charge in [0.2, 0.25) is 0 Å². The van der Waals surface area contributed by atoms with Crippen molar-refractivity contribution in [3.8, 4) is 16.9 Å². The molecular formula is C21H19NO5S. The molecule has 0 unspecified atom stereocenters. The summed E-state index contributed by atoms with van der Waals surface area (Å²) in [6.45, 7) is 0. The zero-order valence-corrected chi connectivity index (χ0v) is 16.2. The molecule has 0 fully saturated rings. The molecule has 0 spiro atoms. The van der Waals surface area contributed by atoms with Gasteiger partial charge in [0.1, 0.15) is 11.3 Å². The highest BCUT2D eigenvalue weighted by Gasteiger charge is 2.17. The molecule has 0 bridgehead atoms. The summed E-state index contributed by atoms with van der Waals surface area (Å²) >= 11 is 0. The summed E-state index contributed by atoms with van der Waals surface area (Å²) in [5, 5.41) is 0. The first-order valence-electron chi connectivity index (χ1n) is 8.39. The van der Waals surface area contributed by atoms with Gasteiger partial charge in [-0.15, -0.1) is 0 Å². The van der Waals surface area contributed by atoms with E-state index in [4.69, 9.17) is 4.74 Å². The summed E-state index contributed by atoms with van der Waals surface area (Å²) < 4.78 is 37.7. The van der Waals surface area contributed by atoms with Crippen LogP contribution in [0.5, 0.6) is 5.75 Å². The number of ether oxygens (including phenoxy) is 2. The summed E-state index contributed by atoms with van der Waals surface area (Å²) in [4.78, 5) is 11.8. The molecule has 0 aromatic heterocycles. The van der Waals surface area contributed by atoms with Crippen LogP contribution in [-0.2, 0) is 14.8 Å². The number of hydrogen-bond acceptors (Lipinski definition) is 5. The quantitative estimate of drug-likeness (QED) is 0.637. The van der Waals surface area contributed by atoms with Gasteiger partial charge < -0.3 is 9.47 Å². The Morgan fingerprint density at radius 3 is 2.11 bits per heavy atom. The molecule has 0 saturated heterocycles. The smallest absolute Gasteiger partial charge is 0.341 e. The van der Waals surface area contributed by atoms with E-state index < -0.39 is 16.0 Å². The van der Waals surface area contributed by atoms with E-state index in [9.17, 15) is 13.2 Å². The number of rotatable bonds is 6. The lowest BCUT2D eigenvalue weighted by atomic mass is 10.1. The van der Waals surface area contributed by atoms with E-state index in [1.54, 1.807) is 24.3 Å². The minimum Gasteiger partial charge on any atom is -0.496 e. The van der Waals surface area contributed by atoms with Crippen LogP contribution in [0.1, 0.15) is 10.4 Å². The second-order valence-electron chi connectivity index (χ2n) is 5.90. The van der Waals surface area contributed by atoms with Crippen LogP contribution >= 0.6 is 0 Å². The number of anilines is 1. The van der Waals surface area contributed by atoms with Crippen molar-refractivity contribution in [1.82, 2.24) is 0 Å². The molecule has 28 heavy (non-hydrogen) atoms. The summed E-state index contributed by atoms with van der Waals surface area (Å²) in [7, 11) is -1.15. The SMILES string of the molecule is COC(=O)c1ccc(NS(=O)(=O)c2ccc(-c3ccccc3)cc2)cc1OC. The normalized spacial score (nSPS) is 10.9. The number of hydrogen-bond donors (Lipinski definition) is 1. The number of sulfonamides is 1. The molecule has 1 N–H and O–H groups in total. The molecule has 0 aliphatic rings. The topological polar surface area (TPSA) is 81.7 Å². The fourth-order valence-electron chi connectivity index (χ4n) is 2.70. The van der Waals surface area contributed by atoms with Crippen LogP contribution in [-0.4, -0.2) is 28.6 Å². The van der Waals surface area contributed by atoms with E-state index in [1.165, 1.54) is 32.4 Å². The largest absolute Gasteiger partial charge is 0.496 e.